The third-order valence-electron chi connectivity index (χ3n) is 3.51. The second-order valence-electron chi connectivity index (χ2n) is 5.15. The molecule has 2 aromatic carbocycles. The second-order valence-corrected chi connectivity index (χ2v) is 5.15. The largest absolute Gasteiger partial charge is 0.494 e. The van der Waals surface area contributed by atoms with Crippen LogP contribution < -0.4 is 4.74 Å². The first kappa shape index (κ1) is 14.3. The van der Waals surface area contributed by atoms with Crippen LogP contribution >= 0.6 is 0 Å². The molecule has 0 N–H and O–H groups in total. The second kappa shape index (κ2) is 6.43. The Balaban J connectivity index is 1.70. The number of Topliss-reactive ketones (excluding diaryl/α,β-unsaturated/α-hetero) is 1. The number of benzene rings is 2. The molecular formula is C18H18N2O2. The van der Waals surface area contributed by atoms with E-state index in [1.807, 2.05) is 59.2 Å². The van der Waals surface area contributed by atoms with Crippen molar-refractivity contribution in [1.82, 2.24) is 9.55 Å². The van der Waals surface area contributed by atoms with Crippen LogP contribution in [0.3, 0.4) is 0 Å². The monoisotopic (exact) mass is 294 g/mol. The van der Waals surface area contributed by atoms with E-state index in [2.05, 4.69) is 4.98 Å². The third kappa shape index (κ3) is 3.01. The van der Waals surface area contributed by atoms with Crippen LogP contribution in [0.2, 0.25) is 0 Å². The minimum absolute atomic E-state index is 0.0137. The van der Waals surface area contributed by atoms with Gasteiger partial charge in [0.25, 0.3) is 0 Å². The fourth-order valence-electron chi connectivity index (χ4n) is 2.50. The Kier molecular flexibility index (Phi) is 4.19. The molecule has 0 radical (unpaired) electrons. The van der Waals surface area contributed by atoms with E-state index in [-0.39, 0.29) is 5.78 Å². The molecule has 0 aliphatic carbocycles. The topological polar surface area (TPSA) is 44.1 Å². The van der Waals surface area contributed by atoms with Crippen molar-refractivity contribution in [2.75, 3.05) is 6.61 Å². The number of ketones is 1. The molecule has 1 heterocycles. The number of fused-ring (bicyclic) bond motifs is 1. The Labute approximate surface area is 129 Å². The van der Waals surface area contributed by atoms with E-state index < -0.39 is 0 Å². The van der Waals surface area contributed by atoms with E-state index in [4.69, 9.17) is 4.74 Å². The van der Waals surface area contributed by atoms with Gasteiger partial charge in [0.15, 0.2) is 11.6 Å². The average Bonchev–Trinajstić information content (AvgIpc) is 2.92. The summed E-state index contributed by atoms with van der Waals surface area (Å²) in [6, 6.07) is 17.6. The van der Waals surface area contributed by atoms with Crippen LogP contribution in [-0.4, -0.2) is 21.9 Å². The molecule has 1 aromatic heterocycles. The molecule has 112 valence electrons. The molecule has 0 unspecified atom stereocenters. The number of ether oxygens (including phenoxy) is 1. The number of imidazole rings is 1. The van der Waals surface area contributed by atoms with Gasteiger partial charge in [-0.3, -0.25) is 4.79 Å². The molecule has 0 spiro atoms. The van der Waals surface area contributed by atoms with Crippen LogP contribution in [0, 0.1) is 0 Å². The number of para-hydroxylation sites is 3. The van der Waals surface area contributed by atoms with E-state index >= 15 is 0 Å². The number of aromatic nitrogens is 2. The van der Waals surface area contributed by atoms with Crippen molar-refractivity contribution >= 4 is 16.8 Å². The highest BCUT2D eigenvalue weighted by Crippen LogP contribution is 2.17. The van der Waals surface area contributed by atoms with Crippen molar-refractivity contribution in [3.05, 3.63) is 60.4 Å². The zero-order chi connectivity index (χ0) is 15.4. The van der Waals surface area contributed by atoms with Gasteiger partial charge in [0, 0.05) is 13.5 Å². The number of aryl methyl sites for hydroxylation is 1. The minimum Gasteiger partial charge on any atom is -0.494 e. The highest BCUT2D eigenvalue weighted by atomic mass is 16.5. The smallest absolute Gasteiger partial charge is 0.195 e. The number of nitrogens with zero attached hydrogens (tertiary/aromatic N) is 2. The van der Waals surface area contributed by atoms with Gasteiger partial charge in [0.05, 0.1) is 17.6 Å². The van der Waals surface area contributed by atoms with E-state index in [1.54, 1.807) is 6.92 Å². The Bertz CT molecular complexity index is 778. The van der Waals surface area contributed by atoms with Crippen molar-refractivity contribution in [3.63, 3.8) is 0 Å². The van der Waals surface area contributed by atoms with Gasteiger partial charge in [-0.15, -0.1) is 0 Å². The van der Waals surface area contributed by atoms with Crippen molar-refractivity contribution in [3.8, 4) is 5.75 Å². The molecule has 0 aliphatic heterocycles. The van der Waals surface area contributed by atoms with E-state index in [9.17, 15) is 4.79 Å². The number of carbonyl (C=O) groups excluding carboxylic acids is 1. The molecule has 3 rings (SSSR count). The number of carbonyl (C=O) groups is 1. The van der Waals surface area contributed by atoms with Crippen molar-refractivity contribution in [2.45, 2.75) is 19.9 Å². The van der Waals surface area contributed by atoms with Crippen molar-refractivity contribution in [2.24, 2.45) is 0 Å². The van der Waals surface area contributed by atoms with E-state index in [0.717, 1.165) is 23.2 Å². The molecule has 4 nitrogen and oxygen atoms in total. The Hall–Kier alpha value is -2.62. The summed E-state index contributed by atoms with van der Waals surface area (Å²) in [7, 11) is 0. The van der Waals surface area contributed by atoms with Crippen LogP contribution in [0.25, 0.3) is 11.0 Å². The van der Waals surface area contributed by atoms with Crippen LogP contribution in [0.15, 0.2) is 54.6 Å². The van der Waals surface area contributed by atoms with Crippen molar-refractivity contribution < 1.29 is 9.53 Å². The minimum atomic E-state index is -0.0137. The Morgan fingerprint density at radius 2 is 1.82 bits per heavy atom. The Morgan fingerprint density at radius 3 is 2.59 bits per heavy atom. The van der Waals surface area contributed by atoms with Crippen LogP contribution in [0.4, 0.5) is 0 Å². The summed E-state index contributed by atoms with van der Waals surface area (Å²) in [5.74, 6) is 1.37. The van der Waals surface area contributed by atoms with Gasteiger partial charge < -0.3 is 9.30 Å². The fourth-order valence-corrected chi connectivity index (χ4v) is 2.50. The highest BCUT2D eigenvalue weighted by molar-refractivity contribution is 5.94. The van der Waals surface area contributed by atoms with Gasteiger partial charge >= 0.3 is 0 Å². The molecule has 0 saturated carbocycles. The Morgan fingerprint density at radius 1 is 1.09 bits per heavy atom. The van der Waals surface area contributed by atoms with Crippen LogP contribution in [0.5, 0.6) is 5.75 Å². The highest BCUT2D eigenvalue weighted by Gasteiger charge is 2.13. The number of hydrogen-bond donors (Lipinski definition) is 0. The molecule has 0 saturated heterocycles. The van der Waals surface area contributed by atoms with Crippen LogP contribution in [0.1, 0.15) is 24.0 Å². The maximum Gasteiger partial charge on any atom is 0.195 e. The summed E-state index contributed by atoms with van der Waals surface area (Å²) < 4.78 is 7.68. The summed E-state index contributed by atoms with van der Waals surface area (Å²) in [6.45, 7) is 2.87. The maximum atomic E-state index is 11.8. The van der Waals surface area contributed by atoms with Crippen molar-refractivity contribution in [1.29, 1.82) is 0 Å². The molecule has 0 atom stereocenters. The standard InChI is InChI=1S/C18H18N2O2/c1-14(21)18-19-16-10-5-6-11-17(16)20(18)12-7-13-22-15-8-3-2-4-9-15/h2-6,8-11H,7,12-13H2,1H3. The fraction of sp³-hybridized carbons (Fsp3) is 0.222. The van der Waals surface area contributed by atoms with Gasteiger partial charge in [0.1, 0.15) is 5.75 Å². The maximum absolute atomic E-state index is 11.8. The summed E-state index contributed by atoms with van der Waals surface area (Å²) in [4.78, 5) is 16.2. The lowest BCUT2D eigenvalue weighted by atomic mass is 10.3. The summed E-state index contributed by atoms with van der Waals surface area (Å²) in [5, 5.41) is 0. The zero-order valence-corrected chi connectivity index (χ0v) is 12.5. The molecule has 0 fully saturated rings. The molecule has 3 aromatic rings. The first-order chi connectivity index (χ1) is 10.8. The first-order valence-electron chi connectivity index (χ1n) is 7.40. The summed E-state index contributed by atoms with van der Waals surface area (Å²) >= 11 is 0. The van der Waals surface area contributed by atoms with Gasteiger partial charge in [-0.25, -0.2) is 4.98 Å². The lowest BCUT2D eigenvalue weighted by Gasteiger charge is -2.09. The quantitative estimate of drug-likeness (QED) is 0.514. The lowest BCUT2D eigenvalue weighted by Crippen LogP contribution is -2.10. The average molecular weight is 294 g/mol. The van der Waals surface area contributed by atoms with Gasteiger partial charge in [-0.1, -0.05) is 30.3 Å². The first-order valence-corrected chi connectivity index (χ1v) is 7.40. The molecule has 0 aliphatic rings. The molecule has 4 heteroatoms. The molecule has 0 amide bonds. The number of rotatable bonds is 6. The third-order valence-corrected chi connectivity index (χ3v) is 3.51. The zero-order valence-electron chi connectivity index (χ0n) is 12.5. The van der Waals surface area contributed by atoms with Gasteiger partial charge in [-0.05, 0) is 30.7 Å². The van der Waals surface area contributed by atoms with Gasteiger partial charge in [0.2, 0.25) is 0 Å². The normalized spacial score (nSPS) is 10.8. The number of hydrogen-bond acceptors (Lipinski definition) is 3. The predicted molar refractivity (Wildman–Crippen MR) is 86.3 cm³/mol. The van der Waals surface area contributed by atoms with Gasteiger partial charge in [-0.2, -0.15) is 0 Å². The lowest BCUT2D eigenvalue weighted by molar-refractivity contribution is 0.0999. The molecule has 22 heavy (non-hydrogen) atoms. The molecular weight excluding hydrogens is 276 g/mol. The summed E-state index contributed by atoms with van der Waals surface area (Å²) in [6.07, 6.45) is 0.815. The van der Waals surface area contributed by atoms with E-state index in [0.29, 0.717) is 19.0 Å². The van der Waals surface area contributed by atoms with Crippen LogP contribution in [-0.2, 0) is 6.54 Å². The molecule has 0 bridgehead atoms. The SMILES string of the molecule is CC(=O)c1nc2ccccc2n1CCCOc1ccccc1. The van der Waals surface area contributed by atoms with E-state index in [1.165, 1.54) is 0 Å². The summed E-state index contributed by atoms with van der Waals surface area (Å²) in [5.41, 5.74) is 1.85. The predicted octanol–water partition coefficient (Wildman–Crippen LogP) is 3.71.